The molecule has 0 bridgehead atoms. The van der Waals surface area contributed by atoms with Crippen molar-refractivity contribution in [1.82, 2.24) is 0 Å². The Hall–Kier alpha value is -1.03. The van der Waals surface area contributed by atoms with Crippen LogP contribution in [0.2, 0.25) is 0 Å². The number of nitrogens with two attached hydrogens (primary N) is 2. The third-order valence-electron chi connectivity index (χ3n) is 2.36. The average molecular weight is 386 g/mol. The maximum Gasteiger partial charge on any atom is 0.417 e. The van der Waals surface area contributed by atoms with E-state index in [-0.39, 0.29) is 16.0 Å². The Morgan fingerprint density at radius 1 is 1.33 bits per heavy atom. The first kappa shape index (κ1) is 13.4. The zero-order chi connectivity index (χ0) is 13.7. The highest BCUT2D eigenvalue weighted by atomic mass is 127. The molecule has 3 nitrogen and oxygen atoms in total. The molecule has 2 aromatic rings. The van der Waals surface area contributed by atoms with Gasteiger partial charge in [0, 0.05) is 8.96 Å². The Morgan fingerprint density at radius 3 is 2.44 bits per heavy atom. The molecule has 0 atom stereocenters. The molecule has 1 aromatic heterocycles. The number of primary amides is 1. The van der Waals surface area contributed by atoms with Crippen LogP contribution in [-0.2, 0) is 6.18 Å². The van der Waals surface area contributed by atoms with Gasteiger partial charge in [-0.15, -0.1) is 11.3 Å². The Morgan fingerprint density at radius 2 is 1.94 bits per heavy atom. The zero-order valence-electron chi connectivity index (χ0n) is 8.64. The summed E-state index contributed by atoms with van der Waals surface area (Å²) in [6.45, 7) is 0. The molecule has 1 aromatic carbocycles. The number of nitrogen functional groups attached to an aromatic ring is 1. The molecule has 0 saturated heterocycles. The molecule has 0 aliphatic rings. The van der Waals surface area contributed by atoms with Crippen LogP contribution in [0.5, 0.6) is 0 Å². The van der Waals surface area contributed by atoms with Crippen LogP contribution in [0, 0.1) is 3.57 Å². The van der Waals surface area contributed by atoms with Gasteiger partial charge < -0.3 is 11.5 Å². The van der Waals surface area contributed by atoms with Crippen LogP contribution >= 0.6 is 33.9 Å². The number of halogens is 4. The molecule has 8 heteroatoms. The molecule has 1 amide bonds. The number of carbonyl (C=O) groups excluding carboxylic acids is 1. The van der Waals surface area contributed by atoms with Crippen molar-refractivity contribution in [3.63, 3.8) is 0 Å². The van der Waals surface area contributed by atoms with Crippen molar-refractivity contribution in [1.29, 1.82) is 0 Å². The maximum absolute atomic E-state index is 12.9. The normalized spacial score (nSPS) is 12.0. The second kappa shape index (κ2) is 4.26. The SMILES string of the molecule is NC(=O)c1sc2c(I)ccc(C(F)(F)F)c2c1N. The predicted octanol–water partition coefficient (Wildman–Crippen LogP) is 3.21. The van der Waals surface area contributed by atoms with Gasteiger partial charge >= 0.3 is 6.18 Å². The lowest BCUT2D eigenvalue weighted by Crippen LogP contribution is -2.11. The number of carbonyl (C=O) groups is 1. The second-order valence-corrected chi connectivity index (χ2v) is 5.69. The number of benzene rings is 1. The van der Waals surface area contributed by atoms with E-state index in [2.05, 4.69) is 0 Å². The standard InChI is InChI=1S/C10H6F3IN2OS/c11-10(12,13)3-1-2-4(14)7-5(3)6(15)8(18-7)9(16)17/h1-2H,15H2,(H2,16,17). The van der Waals surface area contributed by atoms with Crippen LogP contribution in [0.15, 0.2) is 12.1 Å². The van der Waals surface area contributed by atoms with E-state index in [4.69, 9.17) is 11.5 Å². The van der Waals surface area contributed by atoms with E-state index in [0.717, 1.165) is 17.4 Å². The lowest BCUT2D eigenvalue weighted by atomic mass is 10.1. The topological polar surface area (TPSA) is 69.1 Å². The van der Waals surface area contributed by atoms with Crippen LogP contribution in [0.3, 0.4) is 0 Å². The summed E-state index contributed by atoms with van der Waals surface area (Å²) < 4.78 is 39.5. The molecule has 18 heavy (non-hydrogen) atoms. The van der Waals surface area contributed by atoms with Gasteiger partial charge in [0.1, 0.15) is 4.88 Å². The molecular weight excluding hydrogens is 380 g/mol. The number of fused-ring (bicyclic) bond motifs is 1. The van der Waals surface area contributed by atoms with Crippen molar-refractivity contribution in [2.75, 3.05) is 5.73 Å². The summed E-state index contributed by atoms with van der Waals surface area (Å²) >= 11 is 2.77. The lowest BCUT2D eigenvalue weighted by molar-refractivity contribution is -0.136. The summed E-state index contributed by atoms with van der Waals surface area (Å²) in [5.41, 5.74) is 9.66. The number of amides is 1. The first-order valence-electron chi connectivity index (χ1n) is 4.61. The summed E-state index contributed by atoms with van der Waals surface area (Å²) in [4.78, 5) is 11.1. The van der Waals surface area contributed by atoms with Gasteiger partial charge in [0.25, 0.3) is 5.91 Å². The minimum Gasteiger partial charge on any atom is -0.397 e. The van der Waals surface area contributed by atoms with E-state index < -0.39 is 17.6 Å². The van der Waals surface area contributed by atoms with Crippen molar-refractivity contribution in [2.45, 2.75) is 6.18 Å². The van der Waals surface area contributed by atoms with Crippen LogP contribution in [0.1, 0.15) is 15.2 Å². The molecule has 0 aliphatic carbocycles. The quantitative estimate of drug-likeness (QED) is 0.740. The average Bonchev–Trinajstić information content (AvgIpc) is 2.56. The van der Waals surface area contributed by atoms with Gasteiger partial charge in [-0.25, -0.2) is 0 Å². The number of hydrogen-bond donors (Lipinski definition) is 2. The molecule has 0 spiro atoms. The minimum absolute atomic E-state index is 0.0420. The smallest absolute Gasteiger partial charge is 0.397 e. The van der Waals surface area contributed by atoms with Crippen molar-refractivity contribution < 1.29 is 18.0 Å². The largest absolute Gasteiger partial charge is 0.417 e. The predicted molar refractivity (Wildman–Crippen MR) is 72.5 cm³/mol. The molecule has 0 aliphatic heterocycles. The molecule has 0 radical (unpaired) electrons. The first-order valence-corrected chi connectivity index (χ1v) is 6.50. The van der Waals surface area contributed by atoms with Crippen molar-refractivity contribution in [2.24, 2.45) is 5.73 Å². The minimum atomic E-state index is -4.52. The third kappa shape index (κ3) is 2.03. The molecule has 4 N–H and O–H groups in total. The Balaban J connectivity index is 2.93. The van der Waals surface area contributed by atoms with Crippen LogP contribution in [-0.4, -0.2) is 5.91 Å². The van der Waals surface area contributed by atoms with E-state index >= 15 is 0 Å². The van der Waals surface area contributed by atoms with Gasteiger partial charge in [0.05, 0.1) is 16.0 Å². The van der Waals surface area contributed by atoms with Crippen LogP contribution in [0.25, 0.3) is 10.1 Å². The number of rotatable bonds is 1. The lowest BCUT2D eigenvalue weighted by Gasteiger charge is -2.09. The fourth-order valence-corrected chi connectivity index (χ4v) is 3.40. The Bertz CT molecular complexity index is 651. The van der Waals surface area contributed by atoms with Crippen molar-refractivity contribution in [3.05, 3.63) is 26.1 Å². The number of thiophene rings is 1. The molecule has 0 unspecified atom stereocenters. The fraction of sp³-hybridized carbons (Fsp3) is 0.100. The molecule has 96 valence electrons. The Kier molecular flexibility index (Phi) is 3.18. The van der Waals surface area contributed by atoms with Gasteiger partial charge in [-0.1, -0.05) is 0 Å². The maximum atomic E-state index is 12.9. The van der Waals surface area contributed by atoms with E-state index in [9.17, 15) is 18.0 Å². The van der Waals surface area contributed by atoms with E-state index in [1.54, 1.807) is 0 Å². The number of hydrogen-bond acceptors (Lipinski definition) is 3. The van der Waals surface area contributed by atoms with E-state index in [0.29, 0.717) is 8.27 Å². The summed E-state index contributed by atoms with van der Waals surface area (Å²) in [6, 6.07) is 2.30. The molecule has 0 fully saturated rings. The summed E-state index contributed by atoms with van der Waals surface area (Å²) in [7, 11) is 0. The van der Waals surface area contributed by atoms with E-state index in [1.165, 1.54) is 6.07 Å². The van der Waals surface area contributed by atoms with Gasteiger partial charge in [-0.2, -0.15) is 13.2 Å². The molecule has 1 heterocycles. The third-order valence-corrected chi connectivity index (χ3v) is 4.88. The summed E-state index contributed by atoms with van der Waals surface area (Å²) in [5.74, 6) is -0.822. The van der Waals surface area contributed by atoms with Crippen LogP contribution in [0.4, 0.5) is 18.9 Å². The summed E-state index contributed by atoms with van der Waals surface area (Å²) in [6.07, 6.45) is -4.52. The van der Waals surface area contributed by atoms with Gasteiger partial charge in [0.15, 0.2) is 0 Å². The first-order chi connectivity index (χ1) is 8.23. The molecule has 2 rings (SSSR count). The van der Waals surface area contributed by atoms with E-state index in [1.807, 2.05) is 22.6 Å². The van der Waals surface area contributed by atoms with Crippen molar-refractivity contribution in [3.8, 4) is 0 Å². The zero-order valence-corrected chi connectivity index (χ0v) is 11.6. The highest BCUT2D eigenvalue weighted by molar-refractivity contribution is 14.1. The molecular formula is C10H6F3IN2OS. The Labute approximate surface area is 117 Å². The number of alkyl halides is 3. The number of anilines is 1. The highest BCUT2D eigenvalue weighted by Crippen LogP contribution is 2.43. The van der Waals surface area contributed by atoms with Crippen LogP contribution < -0.4 is 11.5 Å². The van der Waals surface area contributed by atoms with Crippen molar-refractivity contribution >= 4 is 55.6 Å². The molecule has 0 saturated carbocycles. The highest BCUT2D eigenvalue weighted by Gasteiger charge is 2.35. The van der Waals surface area contributed by atoms with Gasteiger partial charge in [-0.05, 0) is 34.7 Å². The monoisotopic (exact) mass is 386 g/mol. The summed E-state index contributed by atoms with van der Waals surface area (Å²) in [5, 5.41) is -0.145. The fourth-order valence-electron chi connectivity index (χ4n) is 1.61. The van der Waals surface area contributed by atoms with Gasteiger partial charge in [0.2, 0.25) is 0 Å². The second-order valence-electron chi connectivity index (χ2n) is 3.51. The van der Waals surface area contributed by atoms with Gasteiger partial charge in [-0.3, -0.25) is 4.79 Å².